The maximum atomic E-state index is 12.9. The molecule has 0 aliphatic carbocycles. The van der Waals surface area contributed by atoms with Crippen molar-refractivity contribution < 1.29 is 23.0 Å². The second-order valence-corrected chi connectivity index (χ2v) is 7.44. The summed E-state index contributed by atoms with van der Waals surface area (Å²) in [6.45, 7) is 6.98. The van der Waals surface area contributed by atoms with E-state index >= 15 is 0 Å². The van der Waals surface area contributed by atoms with E-state index in [0.717, 1.165) is 6.07 Å². The van der Waals surface area contributed by atoms with E-state index in [9.17, 15) is 18.3 Å². The van der Waals surface area contributed by atoms with E-state index in [4.69, 9.17) is 11.2 Å². The van der Waals surface area contributed by atoms with Crippen molar-refractivity contribution in [1.29, 1.82) is 0 Å². The van der Waals surface area contributed by atoms with Gasteiger partial charge in [0.1, 0.15) is 0 Å². The molecule has 0 spiro atoms. The maximum absolute atomic E-state index is 12.9. The minimum Gasteiger partial charge on any atom is -0.389 e. The van der Waals surface area contributed by atoms with Gasteiger partial charge in [-0.3, -0.25) is 4.90 Å². The van der Waals surface area contributed by atoms with Gasteiger partial charge < -0.3 is 14.7 Å². The van der Waals surface area contributed by atoms with Crippen LogP contribution in [-0.2, 0) is 10.9 Å². The fourth-order valence-corrected chi connectivity index (χ4v) is 3.04. The van der Waals surface area contributed by atoms with E-state index < -0.39 is 23.4 Å². The highest BCUT2D eigenvalue weighted by atomic mass is 19.4. The molecule has 1 atom stereocenters. The monoisotopic (exact) mass is 384 g/mol. The first-order valence-electron chi connectivity index (χ1n) is 9.01. The molecule has 0 radical (unpaired) electrons. The molecule has 0 amide bonds. The van der Waals surface area contributed by atoms with E-state index in [1.54, 1.807) is 6.07 Å². The zero-order valence-corrected chi connectivity index (χ0v) is 15.8. The molecule has 0 aromatic heterocycles. The number of nitrogens with zero attached hydrogens (tertiary/aromatic N) is 2. The van der Waals surface area contributed by atoms with E-state index in [2.05, 4.69) is 10.8 Å². The number of anilines is 1. The fraction of sp³-hybridized carbons (Fsp3) is 0.600. The molecule has 2 rings (SSSR count). The number of alkyl halides is 3. The van der Waals surface area contributed by atoms with Gasteiger partial charge in [0.15, 0.2) is 0 Å². The van der Waals surface area contributed by atoms with Gasteiger partial charge in [0.25, 0.3) is 0 Å². The Hall–Kier alpha value is -1.75. The largest absolute Gasteiger partial charge is 0.416 e. The molecule has 1 N–H and O–H groups in total. The number of piperazine rings is 1. The van der Waals surface area contributed by atoms with Gasteiger partial charge in [-0.2, -0.15) is 13.2 Å². The summed E-state index contributed by atoms with van der Waals surface area (Å²) in [5.74, 6) is 2.55. The molecule has 1 fully saturated rings. The molecule has 1 aromatic rings. The standard InChI is InChI=1S/C20H27F3N2O2/c1-4-8-19(2,3)27-15-18(26)14-24-9-11-25(12-10-24)17-7-5-6-16(13-17)20(21,22)23/h1,5-7,13,18,26H,8-12,14-15H2,2-3H3/t18-/m1/s1. The topological polar surface area (TPSA) is 35.9 Å². The third kappa shape index (κ3) is 6.73. The van der Waals surface area contributed by atoms with Gasteiger partial charge in [-0.15, -0.1) is 12.3 Å². The summed E-state index contributed by atoms with van der Waals surface area (Å²) in [6.07, 6.45) is 0.789. The molecule has 1 aliphatic rings. The van der Waals surface area contributed by atoms with Crippen LogP contribution in [0, 0.1) is 12.3 Å². The van der Waals surface area contributed by atoms with Crippen LogP contribution < -0.4 is 4.90 Å². The predicted molar refractivity (Wildman–Crippen MR) is 99.6 cm³/mol. The van der Waals surface area contributed by atoms with E-state index in [0.29, 0.717) is 44.8 Å². The first-order valence-corrected chi connectivity index (χ1v) is 9.01. The Morgan fingerprint density at radius 2 is 1.89 bits per heavy atom. The lowest BCUT2D eigenvalue weighted by Gasteiger charge is -2.37. The average molecular weight is 384 g/mol. The molecule has 0 saturated carbocycles. The van der Waals surface area contributed by atoms with Crippen molar-refractivity contribution in [3.63, 3.8) is 0 Å². The number of hydrogen-bond donors (Lipinski definition) is 1. The van der Waals surface area contributed by atoms with Gasteiger partial charge in [-0.1, -0.05) is 6.07 Å². The van der Waals surface area contributed by atoms with Crippen LogP contribution in [0.1, 0.15) is 25.8 Å². The van der Waals surface area contributed by atoms with Crippen LogP contribution >= 0.6 is 0 Å². The van der Waals surface area contributed by atoms with E-state index in [-0.39, 0.29) is 6.61 Å². The Balaban J connectivity index is 1.81. The summed E-state index contributed by atoms with van der Waals surface area (Å²) in [4.78, 5) is 4.02. The summed E-state index contributed by atoms with van der Waals surface area (Å²) in [5, 5.41) is 10.2. The van der Waals surface area contributed by atoms with Crippen LogP contribution in [-0.4, -0.2) is 61.0 Å². The minimum atomic E-state index is -4.34. The summed E-state index contributed by atoms with van der Waals surface area (Å²) < 4.78 is 44.3. The molecular formula is C20H27F3N2O2. The lowest BCUT2D eigenvalue weighted by Crippen LogP contribution is -2.49. The van der Waals surface area contributed by atoms with Crippen LogP contribution in [0.4, 0.5) is 18.9 Å². The summed E-state index contributed by atoms with van der Waals surface area (Å²) in [7, 11) is 0. The number of aliphatic hydroxyl groups excluding tert-OH is 1. The Bertz CT molecular complexity index is 647. The molecule has 0 bridgehead atoms. The van der Waals surface area contributed by atoms with Crippen molar-refractivity contribution in [2.45, 2.75) is 38.1 Å². The molecule has 1 aliphatic heterocycles. The smallest absolute Gasteiger partial charge is 0.389 e. The summed E-state index contributed by atoms with van der Waals surface area (Å²) >= 11 is 0. The van der Waals surface area contributed by atoms with Crippen LogP contribution in [0.5, 0.6) is 0 Å². The van der Waals surface area contributed by atoms with Crippen molar-refractivity contribution in [2.75, 3.05) is 44.2 Å². The van der Waals surface area contributed by atoms with Crippen molar-refractivity contribution in [2.24, 2.45) is 0 Å². The van der Waals surface area contributed by atoms with Crippen molar-refractivity contribution in [1.82, 2.24) is 4.90 Å². The van der Waals surface area contributed by atoms with Gasteiger partial charge >= 0.3 is 6.18 Å². The van der Waals surface area contributed by atoms with Crippen LogP contribution in [0.15, 0.2) is 24.3 Å². The van der Waals surface area contributed by atoms with E-state index in [1.165, 1.54) is 12.1 Å². The SMILES string of the molecule is C#CCC(C)(C)OC[C@H](O)CN1CCN(c2cccc(C(F)(F)F)c2)CC1. The highest BCUT2D eigenvalue weighted by Crippen LogP contribution is 2.31. The molecule has 150 valence electrons. The summed E-state index contributed by atoms with van der Waals surface area (Å²) in [6, 6.07) is 5.40. The lowest BCUT2D eigenvalue weighted by atomic mass is 10.1. The number of hydrogen-bond acceptors (Lipinski definition) is 4. The van der Waals surface area contributed by atoms with Crippen molar-refractivity contribution >= 4 is 5.69 Å². The second-order valence-electron chi connectivity index (χ2n) is 7.44. The highest BCUT2D eigenvalue weighted by Gasteiger charge is 2.31. The first kappa shape index (κ1) is 21.5. The molecule has 1 heterocycles. The van der Waals surface area contributed by atoms with Gasteiger partial charge in [0, 0.05) is 44.8 Å². The molecular weight excluding hydrogens is 357 g/mol. The molecule has 0 unspecified atom stereocenters. The predicted octanol–water partition coefficient (Wildman–Crippen LogP) is 3.01. The first-order chi connectivity index (χ1) is 12.6. The number of halogens is 3. The molecule has 4 nitrogen and oxygen atoms in total. The summed E-state index contributed by atoms with van der Waals surface area (Å²) in [5.41, 5.74) is -0.535. The fourth-order valence-electron chi connectivity index (χ4n) is 3.04. The van der Waals surface area contributed by atoms with Gasteiger partial charge in [0.2, 0.25) is 0 Å². The average Bonchev–Trinajstić information content (AvgIpc) is 2.60. The highest BCUT2D eigenvalue weighted by molar-refractivity contribution is 5.49. The van der Waals surface area contributed by atoms with Crippen LogP contribution in [0.3, 0.4) is 0 Å². The number of benzene rings is 1. The molecule has 27 heavy (non-hydrogen) atoms. The van der Waals surface area contributed by atoms with Gasteiger partial charge in [-0.25, -0.2) is 0 Å². The number of terminal acetylenes is 1. The maximum Gasteiger partial charge on any atom is 0.416 e. The molecule has 1 aromatic carbocycles. The number of β-amino-alcohol motifs (C(OH)–C–C–N with tert-alkyl or cyclic N) is 1. The van der Waals surface area contributed by atoms with Crippen LogP contribution in [0.2, 0.25) is 0 Å². The Labute approximate surface area is 158 Å². The third-order valence-corrected chi connectivity index (χ3v) is 4.57. The van der Waals surface area contributed by atoms with Crippen LogP contribution in [0.25, 0.3) is 0 Å². The third-order valence-electron chi connectivity index (χ3n) is 4.57. The van der Waals surface area contributed by atoms with Crippen molar-refractivity contribution in [3.05, 3.63) is 29.8 Å². The number of rotatable bonds is 7. The number of ether oxygens (including phenoxy) is 1. The zero-order chi connectivity index (χ0) is 20.1. The minimum absolute atomic E-state index is 0.197. The lowest BCUT2D eigenvalue weighted by molar-refractivity contribution is -0.137. The molecule has 7 heteroatoms. The van der Waals surface area contributed by atoms with E-state index in [1.807, 2.05) is 18.7 Å². The Kier molecular flexibility index (Phi) is 7.15. The van der Waals surface area contributed by atoms with Gasteiger partial charge in [-0.05, 0) is 32.0 Å². The van der Waals surface area contributed by atoms with Crippen molar-refractivity contribution in [3.8, 4) is 12.3 Å². The van der Waals surface area contributed by atoms with Gasteiger partial charge in [0.05, 0.1) is 23.9 Å². The second kappa shape index (κ2) is 8.96. The zero-order valence-electron chi connectivity index (χ0n) is 15.8. The number of aliphatic hydroxyl groups is 1. The Morgan fingerprint density at radius 3 is 2.48 bits per heavy atom. The quantitative estimate of drug-likeness (QED) is 0.734. The molecule has 1 saturated heterocycles. The normalized spacial score (nSPS) is 17.6. The Morgan fingerprint density at radius 1 is 1.22 bits per heavy atom.